The Bertz CT molecular complexity index is 367. The molecule has 1 aromatic rings. The van der Waals surface area contributed by atoms with Gasteiger partial charge in [0.05, 0.1) is 0 Å². The lowest BCUT2D eigenvalue weighted by Gasteiger charge is -2.13. The van der Waals surface area contributed by atoms with E-state index in [1.54, 1.807) is 0 Å². The van der Waals surface area contributed by atoms with Crippen molar-refractivity contribution in [3.8, 4) is 0 Å². The van der Waals surface area contributed by atoms with E-state index in [1.807, 2.05) is 6.92 Å². The highest BCUT2D eigenvalue weighted by Crippen LogP contribution is 2.15. The molecule has 0 aromatic carbocycles. The second-order valence-corrected chi connectivity index (χ2v) is 6.12. The van der Waals surface area contributed by atoms with Crippen LogP contribution in [0.1, 0.15) is 49.8 Å². The number of aromatic nitrogens is 2. The first-order valence-electron chi connectivity index (χ1n) is 5.79. The Labute approximate surface area is 111 Å². The number of hydrogen-bond acceptors (Lipinski definition) is 4. The summed E-state index contributed by atoms with van der Waals surface area (Å²) in [5.74, 6) is 0.520. The lowest BCUT2D eigenvalue weighted by Crippen LogP contribution is -2.32. The van der Waals surface area contributed by atoms with E-state index in [0.29, 0.717) is 15.4 Å². The molecular formula is C11H18ClN3OS. The largest absolute Gasteiger partial charge is 0.347 e. The zero-order valence-corrected chi connectivity index (χ0v) is 11.9. The highest BCUT2D eigenvalue weighted by atomic mass is 35.5. The van der Waals surface area contributed by atoms with Crippen LogP contribution in [0.2, 0.25) is 4.47 Å². The van der Waals surface area contributed by atoms with Gasteiger partial charge in [0.25, 0.3) is 5.91 Å². The fourth-order valence-electron chi connectivity index (χ4n) is 1.49. The van der Waals surface area contributed by atoms with Gasteiger partial charge in [0.15, 0.2) is 0 Å². The number of nitrogens with zero attached hydrogens (tertiary/aromatic N) is 2. The highest BCUT2D eigenvalue weighted by molar-refractivity contribution is 7.17. The summed E-state index contributed by atoms with van der Waals surface area (Å²) in [6, 6.07) is 0.156. The van der Waals surface area contributed by atoms with Crippen molar-refractivity contribution in [1.82, 2.24) is 15.5 Å². The zero-order valence-electron chi connectivity index (χ0n) is 10.4. The lowest BCUT2D eigenvalue weighted by molar-refractivity contribution is 0.0936. The summed E-state index contributed by atoms with van der Waals surface area (Å²) < 4.78 is 0.294. The van der Waals surface area contributed by atoms with E-state index in [-0.39, 0.29) is 11.9 Å². The molecule has 1 unspecified atom stereocenters. The maximum absolute atomic E-state index is 11.7. The van der Waals surface area contributed by atoms with Crippen molar-refractivity contribution in [1.29, 1.82) is 0 Å². The van der Waals surface area contributed by atoms with E-state index < -0.39 is 0 Å². The molecule has 0 fully saturated rings. The summed E-state index contributed by atoms with van der Waals surface area (Å²) >= 11 is 6.72. The van der Waals surface area contributed by atoms with Gasteiger partial charge in [0.1, 0.15) is 0 Å². The maximum atomic E-state index is 11.7. The molecule has 17 heavy (non-hydrogen) atoms. The van der Waals surface area contributed by atoms with Crippen molar-refractivity contribution in [2.75, 3.05) is 0 Å². The lowest BCUT2D eigenvalue weighted by atomic mass is 10.0. The van der Waals surface area contributed by atoms with E-state index >= 15 is 0 Å². The van der Waals surface area contributed by atoms with Gasteiger partial charge in [-0.25, -0.2) is 0 Å². The summed E-state index contributed by atoms with van der Waals surface area (Å²) in [6.45, 7) is 6.40. The minimum Gasteiger partial charge on any atom is -0.347 e. The van der Waals surface area contributed by atoms with Gasteiger partial charge in [-0.15, -0.1) is 10.2 Å². The van der Waals surface area contributed by atoms with E-state index in [2.05, 4.69) is 29.4 Å². The fourth-order valence-corrected chi connectivity index (χ4v) is 2.22. The average molecular weight is 276 g/mol. The molecule has 6 heteroatoms. The minimum atomic E-state index is -0.188. The topological polar surface area (TPSA) is 54.9 Å². The van der Waals surface area contributed by atoms with Crippen LogP contribution in [0, 0.1) is 5.92 Å². The summed E-state index contributed by atoms with van der Waals surface area (Å²) in [4.78, 5) is 11.7. The van der Waals surface area contributed by atoms with E-state index in [4.69, 9.17) is 11.6 Å². The van der Waals surface area contributed by atoms with Gasteiger partial charge in [-0.3, -0.25) is 4.79 Å². The zero-order chi connectivity index (χ0) is 12.8. The van der Waals surface area contributed by atoms with Gasteiger partial charge in [-0.05, 0) is 30.9 Å². The number of carbonyl (C=O) groups excluding carboxylic acids is 1. The molecule has 0 aliphatic carbocycles. The highest BCUT2D eigenvalue weighted by Gasteiger charge is 2.14. The first-order valence-corrected chi connectivity index (χ1v) is 6.98. The van der Waals surface area contributed by atoms with Gasteiger partial charge in [0.2, 0.25) is 9.47 Å². The molecule has 0 saturated carbocycles. The first-order chi connectivity index (χ1) is 7.99. The summed E-state index contributed by atoms with van der Waals surface area (Å²) in [7, 11) is 0. The normalized spacial score (nSPS) is 12.8. The second-order valence-electron chi connectivity index (χ2n) is 4.56. The number of rotatable bonds is 6. The van der Waals surface area contributed by atoms with Crippen LogP contribution in [0.5, 0.6) is 0 Å². The summed E-state index contributed by atoms with van der Waals surface area (Å²) in [5, 5.41) is 10.5. The molecule has 0 radical (unpaired) electrons. The average Bonchev–Trinajstić information content (AvgIpc) is 2.64. The van der Waals surface area contributed by atoms with E-state index in [1.165, 1.54) is 6.42 Å². The van der Waals surface area contributed by atoms with Crippen LogP contribution in [-0.2, 0) is 0 Å². The van der Waals surface area contributed by atoms with Gasteiger partial charge >= 0.3 is 0 Å². The Hall–Kier alpha value is -0.680. The number of halogens is 1. The maximum Gasteiger partial charge on any atom is 0.282 e. The van der Waals surface area contributed by atoms with Crippen LogP contribution in [0.4, 0.5) is 0 Å². The molecule has 0 spiro atoms. The predicted molar refractivity (Wildman–Crippen MR) is 70.5 cm³/mol. The Morgan fingerprint density at radius 1 is 1.35 bits per heavy atom. The monoisotopic (exact) mass is 275 g/mol. The van der Waals surface area contributed by atoms with Crippen molar-refractivity contribution in [3.63, 3.8) is 0 Å². The number of carbonyl (C=O) groups is 1. The predicted octanol–water partition coefficient (Wildman–Crippen LogP) is 3.14. The van der Waals surface area contributed by atoms with Gasteiger partial charge in [0, 0.05) is 6.04 Å². The quantitative estimate of drug-likeness (QED) is 0.868. The van der Waals surface area contributed by atoms with Crippen LogP contribution < -0.4 is 5.32 Å². The van der Waals surface area contributed by atoms with Gasteiger partial charge in [-0.1, -0.05) is 38.0 Å². The Morgan fingerprint density at radius 2 is 2.06 bits per heavy atom. The molecule has 0 saturated heterocycles. The minimum absolute atomic E-state index is 0.156. The second kappa shape index (κ2) is 6.91. The smallest absolute Gasteiger partial charge is 0.282 e. The third-order valence-electron chi connectivity index (χ3n) is 2.39. The molecule has 0 aliphatic rings. The van der Waals surface area contributed by atoms with Crippen LogP contribution in [0.3, 0.4) is 0 Å². The Morgan fingerprint density at radius 3 is 2.59 bits per heavy atom. The molecule has 1 aromatic heterocycles. The third-order valence-corrected chi connectivity index (χ3v) is 3.41. The molecule has 0 bridgehead atoms. The molecule has 1 heterocycles. The van der Waals surface area contributed by atoms with Crippen LogP contribution in [0.15, 0.2) is 0 Å². The Kier molecular flexibility index (Phi) is 5.85. The fraction of sp³-hybridized carbons (Fsp3) is 0.727. The molecule has 4 nitrogen and oxygen atoms in total. The number of nitrogens with one attached hydrogen (secondary N) is 1. The van der Waals surface area contributed by atoms with Crippen molar-refractivity contribution < 1.29 is 4.79 Å². The molecule has 96 valence electrons. The standard InChI is InChI=1S/C11H18ClN3OS/c1-7(2)5-4-6-8(3)13-9(16)10-14-15-11(12)17-10/h7-8H,4-6H2,1-3H3,(H,13,16). The number of amides is 1. The van der Waals surface area contributed by atoms with Crippen LogP contribution in [-0.4, -0.2) is 22.1 Å². The van der Waals surface area contributed by atoms with Crippen molar-refractivity contribution >= 4 is 28.8 Å². The molecule has 0 aliphatic heterocycles. The first kappa shape index (κ1) is 14.4. The SMILES string of the molecule is CC(C)CCCC(C)NC(=O)c1nnc(Cl)s1. The van der Waals surface area contributed by atoms with Crippen LogP contribution >= 0.6 is 22.9 Å². The van der Waals surface area contributed by atoms with Gasteiger partial charge in [-0.2, -0.15) is 0 Å². The third kappa shape index (κ3) is 5.46. The molecule has 1 atom stereocenters. The molecule has 1 N–H and O–H groups in total. The summed E-state index contributed by atoms with van der Waals surface area (Å²) in [5.41, 5.74) is 0. The number of hydrogen-bond donors (Lipinski definition) is 1. The van der Waals surface area contributed by atoms with Crippen molar-refractivity contribution in [3.05, 3.63) is 9.47 Å². The Balaban J connectivity index is 2.31. The van der Waals surface area contributed by atoms with Gasteiger partial charge < -0.3 is 5.32 Å². The molecule has 1 rings (SSSR count). The van der Waals surface area contributed by atoms with Crippen molar-refractivity contribution in [2.45, 2.75) is 46.1 Å². The summed E-state index contributed by atoms with van der Waals surface area (Å²) in [6.07, 6.45) is 3.29. The van der Waals surface area contributed by atoms with E-state index in [9.17, 15) is 4.79 Å². The molecule has 1 amide bonds. The van der Waals surface area contributed by atoms with E-state index in [0.717, 1.165) is 24.2 Å². The van der Waals surface area contributed by atoms with Crippen LogP contribution in [0.25, 0.3) is 0 Å². The van der Waals surface area contributed by atoms with Crippen molar-refractivity contribution in [2.24, 2.45) is 5.92 Å². The molecular weight excluding hydrogens is 258 g/mol.